The zero-order chi connectivity index (χ0) is 8.31. The Morgan fingerprint density at radius 1 is 0.800 bits per heavy atom. The van der Waals surface area contributed by atoms with Crippen LogP contribution in [0.15, 0.2) is 37.4 Å². The number of aliphatic hydroxyl groups excluding tert-OH is 3. The molecule has 0 heterocycles. The highest BCUT2D eigenvalue weighted by Gasteiger charge is 2.11. The number of rotatable bonds is 3. The maximum absolute atomic E-state index is 8.64. The van der Waals surface area contributed by atoms with Crippen LogP contribution in [0.2, 0.25) is 0 Å². The lowest BCUT2D eigenvalue weighted by Crippen LogP contribution is -2.19. The monoisotopic (exact) mass is 143 g/mol. The molecule has 3 N–H and O–H groups in total. The second-order valence-corrected chi connectivity index (χ2v) is 1.58. The SMILES string of the molecule is C=C(O)N(C(=C)O)C(=C)O. The van der Waals surface area contributed by atoms with Gasteiger partial charge in [-0.1, -0.05) is 0 Å². The van der Waals surface area contributed by atoms with E-state index < -0.39 is 17.6 Å². The van der Waals surface area contributed by atoms with E-state index in [9.17, 15) is 0 Å². The van der Waals surface area contributed by atoms with Crippen LogP contribution in [0.5, 0.6) is 0 Å². The maximum Gasteiger partial charge on any atom is 0.193 e. The van der Waals surface area contributed by atoms with Gasteiger partial charge in [-0.05, 0) is 19.7 Å². The summed E-state index contributed by atoms with van der Waals surface area (Å²) >= 11 is 0. The first-order valence-corrected chi connectivity index (χ1v) is 2.40. The zero-order valence-corrected chi connectivity index (χ0v) is 5.41. The molecule has 0 radical (unpaired) electrons. The Hall–Kier alpha value is -1.58. The molecule has 0 aromatic rings. The first-order valence-electron chi connectivity index (χ1n) is 2.40. The van der Waals surface area contributed by atoms with E-state index in [2.05, 4.69) is 19.7 Å². The zero-order valence-electron chi connectivity index (χ0n) is 5.41. The smallest absolute Gasteiger partial charge is 0.193 e. The standard InChI is InChI=1S/C6H9NO3/c1-4(8)7(5(2)9)6(3)10/h8-10H,1-3H2. The number of nitrogens with zero attached hydrogens (tertiary/aromatic N) is 1. The van der Waals surface area contributed by atoms with E-state index in [0.717, 1.165) is 0 Å². The van der Waals surface area contributed by atoms with E-state index in [1.54, 1.807) is 0 Å². The van der Waals surface area contributed by atoms with Crippen molar-refractivity contribution in [3.63, 3.8) is 0 Å². The lowest BCUT2D eigenvalue weighted by molar-refractivity contribution is 0.141. The van der Waals surface area contributed by atoms with Crippen LogP contribution in [0.3, 0.4) is 0 Å². The van der Waals surface area contributed by atoms with E-state index in [1.165, 1.54) is 0 Å². The summed E-state index contributed by atoms with van der Waals surface area (Å²) in [6, 6.07) is 0. The molecule has 0 spiro atoms. The molecule has 10 heavy (non-hydrogen) atoms. The predicted molar refractivity (Wildman–Crippen MR) is 37.1 cm³/mol. The Kier molecular flexibility index (Phi) is 2.37. The molecule has 0 fully saturated rings. The molecule has 0 aromatic carbocycles. The van der Waals surface area contributed by atoms with Crippen molar-refractivity contribution < 1.29 is 15.3 Å². The van der Waals surface area contributed by atoms with Gasteiger partial charge in [0.2, 0.25) is 0 Å². The van der Waals surface area contributed by atoms with Gasteiger partial charge in [0.25, 0.3) is 0 Å². The van der Waals surface area contributed by atoms with E-state index >= 15 is 0 Å². The third kappa shape index (κ3) is 1.74. The lowest BCUT2D eigenvalue weighted by Gasteiger charge is -2.17. The molecule has 56 valence electrons. The summed E-state index contributed by atoms with van der Waals surface area (Å²) < 4.78 is 0. The Bertz CT molecular complexity index is 152. The van der Waals surface area contributed by atoms with Crippen molar-refractivity contribution in [1.82, 2.24) is 4.90 Å². The Morgan fingerprint density at radius 2 is 1.00 bits per heavy atom. The van der Waals surface area contributed by atoms with Crippen molar-refractivity contribution in [2.45, 2.75) is 0 Å². The molecule has 0 aliphatic heterocycles. The summed E-state index contributed by atoms with van der Waals surface area (Å²) in [7, 11) is 0. The fourth-order valence-corrected chi connectivity index (χ4v) is 0.447. The summed E-state index contributed by atoms with van der Waals surface area (Å²) in [5, 5.41) is 25.9. The van der Waals surface area contributed by atoms with Crippen LogP contribution in [0.1, 0.15) is 0 Å². The fourth-order valence-electron chi connectivity index (χ4n) is 0.447. The molecule has 4 nitrogen and oxygen atoms in total. The van der Waals surface area contributed by atoms with E-state index in [1.807, 2.05) is 0 Å². The van der Waals surface area contributed by atoms with Crippen molar-refractivity contribution in [2.24, 2.45) is 0 Å². The average Bonchev–Trinajstić information content (AvgIpc) is 1.59. The second kappa shape index (κ2) is 2.82. The van der Waals surface area contributed by atoms with Crippen molar-refractivity contribution in [3.05, 3.63) is 37.4 Å². The van der Waals surface area contributed by atoms with Crippen LogP contribution < -0.4 is 0 Å². The molecular formula is C6H9NO3. The van der Waals surface area contributed by atoms with E-state index in [0.29, 0.717) is 4.90 Å². The van der Waals surface area contributed by atoms with Gasteiger partial charge in [0.05, 0.1) is 0 Å². The number of aliphatic hydroxyl groups is 3. The first kappa shape index (κ1) is 8.42. The largest absolute Gasteiger partial charge is 0.494 e. The highest BCUT2D eigenvalue weighted by atomic mass is 16.3. The predicted octanol–water partition coefficient (Wildman–Crippen LogP) is 1.38. The molecule has 0 aliphatic rings. The van der Waals surface area contributed by atoms with Crippen molar-refractivity contribution in [2.75, 3.05) is 0 Å². The molecule has 0 atom stereocenters. The molecular weight excluding hydrogens is 134 g/mol. The van der Waals surface area contributed by atoms with Gasteiger partial charge in [0.15, 0.2) is 17.6 Å². The molecule has 0 rings (SSSR count). The van der Waals surface area contributed by atoms with Crippen LogP contribution in [0.25, 0.3) is 0 Å². The van der Waals surface area contributed by atoms with Gasteiger partial charge in [-0.3, -0.25) is 0 Å². The number of hydrogen-bond acceptors (Lipinski definition) is 4. The third-order valence-electron chi connectivity index (χ3n) is 0.774. The van der Waals surface area contributed by atoms with Crippen LogP contribution in [-0.4, -0.2) is 20.2 Å². The Labute approximate surface area is 58.6 Å². The van der Waals surface area contributed by atoms with E-state index in [-0.39, 0.29) is 0 Å². The lowest BCUT2D eigenvalue weighted by atomic mass is 10.6. The summed E-state index contributed by atoms with van der Waals surface area (Å²) in [4.78, 5) is 0.583. The van der Waals surface area contributed by atoms with Gasteiger partial charge >= 0.3 is 0 Å². The molecule has 0 aromatic heterocycles. The topological polar surface area (TPSA) is 63.9 Å². The minimum absolute atomic E-state index is 0.542. The van der Waals surface area contributed by atoms with Gasteiger partial charge < -0.3 is 15.3 Å². The summed E-state index contributed by atoms with van der Waals surface area (Å²) in [6.45, 7) is 9.11. The quantitative estimate of drug-likeness (QED) is 0.522. The average molecular weight is 143 g/mol. The van der Waals surface area contributed by atoms with Crippen molar-refractivity contribution in [3.8, 4) is 0 Å². The second-order valence-electron chi connectivity index (χ2n) is 1.58. The van der Waals surface area contributed by atoms with Crippen LogP contribution in [-0.2, 0) is 0 Å². The van der Waals surface area contributed by atoms with Crippen molar-refractivity contribution in [1.29, 1.82) is 0 Å². The third-order valence-corrected chi connectivity index (χ3v) is 0.774. The van der Waals surface area contributed by atoms with Gasteiger partial charge in [0.1, 0.15) is 0 Å². The maximum atomic E-state index is 8.64. The summed E-state index contributed by atoms with van der Waals surface area (Å²) in [6.07, 6.45) is 0. The minimum atomic E-state index is -0.542. The van der Waals surface area contributed by atoms with Gasteiger partial charge in [0, 0.05) is 0 Å². The molecule has 0 bridgehead atoms. The molecule has 0 saturated carbocycles. The summed E-state index contributed by atoms with van der Waals surface area (Å²) in [5.41, 5.74) is 0. The van der Waals surface area contributed by atoms with Crippen LogP contribution in [0.4, 0.5) is 0 Å². The summed E-state index contributed by atoms with van der Waals surface area (Å²) in [5.74, 6) is -1.62. The van der Waals surface area contributed by atoms with Gasteiger partial charge in [-0.25, -0.2) is 4.90 Å². The van der Waals surface area contributed by atoms with Crippen LogP contribution >= 0.6 is 0 Å². The molecule has 4 heteroatoms. The minimum Gasteiger partial charge on any atom is -0.494 e. The number of hydrogen-bond donors (Lipinski definition) is 3. The highest BCUT2D eigenvalue weighted by Crippen LogP contribution is 2.09. The highest BCUT2D eigenvalue weighted by molar-refractivity contribution is 5.03. The fraction of sp³-hybridized carbons (Fsp3) is 0. The Balaban J connectivity index is 4.43. The molecule has 0 unspecified atom stereocenters. The van der Waals surface area contributed by atoms with Gasteiger partial charge in [-0.15, -0.1) is 0 Å². The normalized spacial score (nSPS) is 8.40. The molecule has 0 saturated heterocycles. The van der Waals surface area contributed by atoms with Gasteiger partial charge in [-0.2, -0.15) is 0 Å². The molecule has 0 amide bonds. The molecule has 0 aliphatic carbocycles. The van der Waals surface area contributed by atoms with Crippen molar-refractivity contribution >= 4 is 0 Å². The first-order chi connectivity index (χ1) is 4.46. The Morgan fingerprint density at radius 3 is 1.00 bits per heavy atom. The van der Waals surface area contributed by atoms with E-state index in [4.69, 9.17) is 15.3 Å². The van der Waals surface area contributed by atoms with Crippen LogP contribution in [0, 0.1) is 0 Å².